The van der Waals surface area contributed by atoms with Crippen LogP contribution in [0.5, 0.6) is 11.8 Å². The molecule has 172 valence electrons. The van der Waals surface area contributed by atoms with Crippen molar-refractivity contribution in [3.8, 4) is 23.0 Å². The number of hydrogen-bond acceptors (Lipinski definition) is 5. The molecule has 0 saturated carbocycles. The Balaban J connectivity index is 1.51. The number of benzene rings is 2. The molecule has 0 unspecified atom stereocenters. The molecule has 0 saturated heterocycles. The van der Waals surface area contributed by atoms with Crippen molar-refractivity contribution in [2.45, 2.75) is 34.2 Å². The maximum Gasteiger partial charge on any atom is 0.328 e. The van der Waals surface area contributed by atoms with Crippen LogP contribution in [-0.2, 0) is 13.6 Å². The molecule has 5 aromatic rings. The van der Waals surface area contributed by atoms with Crippen LogP contribution in [0.1, 0.15) is 26.5 Å². The molecule has 0 bridgehead atoms. The number of aryl methyl sites for hydroxylation is 2. The Bertz CT molecular complexity index is 1590. The fraction of sp³-hybridized carbons (Fsp3) is 0.259. The van der Waals surface area contributed by atoms with E-state index in [1.165, 1.54) is 0 Å². The molecule has 3 heterocycles. The number of hydrogen-bond donors (Lipinski definition) is 0. The molecule has 0 aliphatic carbocycles. The molecule has 0 aliphatic rings. The highest BCUT2D eigenvalue weighted by Crippen LogP contribution is 2.28. The summed E-state index contributed by atoms with van der Waals surface area (Å²) in [6.07, 6.45) is 0. The Morgan fingerprint density at radius 2 is 1.62 bits per heavy atom. The average Bonchev–Trinajstić information content (AvgIpc) is 3.03. The van der Waals surface area contributed by atoms with Crippen LogP contribution in [0.2, 0.25) is 0 Å². The molecule has 3 aromatic heterocycles. The molecule has 7 nitrogen and oxygen atoms in total. The molecular formula is C27H27N5O2. The summed E-state index contributed by atoms with van der Waals surface area (Å²) in [5.74, 6) is 0.866. The van der Waals surface area contributed by atoms with Gasteiger partial charge >= 0.3 is 5.69 Å². The van der Waals surface area contributed by atoms with Gasteiger partial charge in [-0.3, -0.25) is 9.13 Å². The van der Waals surface area contributed by atoms with Crippen molar-refractivity contribution in [2.24, 2.45) is 12.5 Å². The second-order valence-corrected chi connectivity index (χ2v) is 9.76. The van der Waals surface area contributed by atoms with Crippen molar-refractivity contribution in [1.82, 2.24) is 24.1 Å². The summed E-state index contributed by atoms with van der Waals surface area (Å²) in [4.78, 5) is 26.8. The van der Waals surface area contributed by atoms with Gasteiger partial charge in [-0.15, -0.1) is 0 Å². The standard InChI is InChI=1S/C27H27N5O2/c1-17-25(30-21-10-7-6-9-20(21)28-17)34-24-12-8-11-19(29-24)18-13-14-22-23(15-18)31(5)26(33)32(22)16-27(2,3)4/h6-15H,16H2,1-5H3. The molecule has 7 heteroatoms. The molecule has 0 atom stereocenters. The van der Waals surface area contributed by atoms with Gasteiger partial charge in [0.1, 0.15) is 5.69 Å². The van der Waals surface area contributed by atoms with Crippen molar-refractivity contribution in [2.75, 3.05) is 0 Å². The predicted molar refractivity (Wildman–Crippen MR) is 134 cm³/mol. The van der Waals surface area contributed by atoms with Crippen LogP contribution in [0.15, 0.2) is 65.5 Å². The molecular weight excluding hydrogens is 426 g/mol. The van der Waals surface area contributed by atoms with Crippen molar-refractivity contribution in [3.63, 3.8) is 0 Å². The van der Waals surface area contributed by atoms with E-state index in [0.717, 1.165) is 33.3 Å². The van der Waals surface area contributed by atoms with Gasteiger partial charge in [0.2, 0.25) is 11.8 Å². The third-order valence-electron chi connectivity index (χ3n) is 5.70. The van der Waals surface area contributed by atoms with E-state index >= 15 is 0 Å². The Morgan fingerprint density at radius 1 is 0.882 bits per heavy atom. The van der Waals surface area contributed by atoms with Crippen LogP contribution in [0.3, 0.4) is 0 Å². The Labute approximate surface area is 197 Å². The van der Waals surface area contributed by atoms with Crippen LogP contribution in [-0.4, -0.2) is 24.1 Å². The number of pyridine rings is 1. The predicted octanol–water partition coefficient (Wildman–Crippen LogP) is 5.49. The van der Waals surface area contributed by atoms with Crippen LogP contribution in [0, 0.1) is 12.3 Å². The lowest BCUT2D eigenvalue weighted by Gasteiger charge is -2.18. The second-order valence-electron chi connectivity index (χ2n) is 9.76. The fourth-order valence-electron chi connectivity index (χ4n) is 4.09. The molecule has 0 radical (unpaired) electrons. The van der Waals surface area contributed by atoms with Crippen molar-refractivity contribution < 1.29 is 4.74 Å². The lowest BCUT2D eigenvalue weighted by atomic mass is 9.97. The summed E-state index contributed by atoms with van der Waals surface area (Å²) in [5, 5.41) is 0. The number of rotatable bonds is 4. The third-order valence-corrected chi connectivity index (χ3v) is 5.70. The highest BCUT2D eigenvalue weighted by molar-refractivity contribution is 5.82. The first kappa shape index (κ1) is 21.8. The van der Waals surface area contributed by atoms with E-state index in [9.17, 15) is 4.79 Å². The summed E-state index contributed by atoms with van der Waals surface area (Å²) in [7, 11) is 1.81. The zero-order valence-corrected chi connectivity index (χ0v) is 20.0. The molecule has 2 aromatic carbocycles. The number of fused-ring (bicyclic) bond motifs is 2. The molecule has 5 rings (SSSR count). The van der Waals surface area contributed by atoms with E-state index in [1.54, 1.807) is 10.6 Å². The smallest absolute Gasteiger partial charge is 0.328 e. The van der Waals surface area contributed by atoms with E-state index < -0.39 is 0 Å². The van der Waals surface area contributed by atoms with E-state index in [1.807, 2.05) is 73.1 Å². The van der Waals surface area contributed by atoms with Gasteiger partial charge in [-0.1, -0.05) is 45.0 Å². The fourth-order valence-corrected chi connectivity index (χ4v) is 4.09. The van der Waals surface area contributed by atoms with Gasteiger partial charge in [0.15, 0.2) is 0 Å². The first-order chi connectivity index (χ1) is 16.2. The first-order valence-corrected chi connectivity index (χ1v) is 11.3. The minimum absolute atomic E-state index is 0.00616. The average molecular weight is 454 g/mol. The van der Waals surface area contributed by atoms with E-state index in [2.05, 4.69) is 30.7 Å². The van der Waals surface area contributed by atoms with Gasteiger partial charge in [0.05, 0.1) is 27.8 Å². The van der Waals surface area contributed by atoms with Gasteiger partial charge in [-0.2, -0.15) is 0 Å². The Hall–Kier alpha value is -4.00. The number of nitrogens with zero attached hydrogens (tertiary/aromatic N) is 5. The molecule has 0 amide bonds. The van der Waals surface area contributed by atoms with Gasteiger partial charge < -0.3 is 4.74 Å². The van der Waals surface area contributed by atoms with Crippen molar-refractivity contribution in [3.05, 3.63) is 76.8 Å². The normalized spacial score (nSPS) is 11.9. The van der Waals surface area contributed by atoms with Crippen LogP contribution in [0.4, 0.5) is 0 Å². The van der Waals surface area contributed by atoms with E-state index in [4.69, 9.17) is 9.72 Å². The van der Waals surface area contributed by atoms with Gasteiger partial charge in [-0.25, -0.2) is 19.7 Å². The number of imidazole rings is 1. The van der Waals surface area contributed by atoms with E-state index in [0.29, 0.717) is 24.0 Å². The summed E-state index contributed by atoms with van der Waals surface area (Å²) < 4.78 is 9.56. The Morgan fingerprint density at radius 3 is 2.35 bits per heavy atom. The molecule has 0 N–H and O–H groups in total. The molecule has 34 heavy (non-hydrogen) atoms. The lowest BCUT2D eigenvalue weighted by Crippen LogP contribution is -2.27. The minimum Gasteiger partial charge on any atom is -0.419 e. The van der Waals surface area contributed by atoms with Crippen molar-refractivity contribution in [1.29, 1.82) is 0 Å². The number of aromatic nitrogens is 5. The zero-order chi connectivity index (χ0) is 24.0. The van der Waals surface area contributed by atoms with E-state index in [-0.39, 0.29) is 11.1 Å². The molecule has 0 spiro atoms. The molecule has 0 fully saturated rings. The Kier molecular flexibility index (Phi) is 5.20. The van der Waals surface area contributed by atoms with Gasteiger partial charge in [-0.05, 0) is 42.7 Å². The quantitative estimate of drug-likeness (QED) is 0.360. The highest BCUT2D eigenvalue weighted by Gasteiger charge is 2.18. The van der Waals surface area contributed by atoms with Crippen LogP contribution >= 0.6 is 0 Å². The van der Waals surface area contributed by atoms with Gasteiger partial charge in [0, 0.05) is 25.2 Å². The summed E-state index contributed by atoms with van der Waals surface area (Å²) in [6, 6.07) is 19.3. The highest BCUT2D eigenvalue weighted by atomic mass is 16.5. The summed E-state index contributed by atoms with van der Waals surface area (Å²) in [5.41, 5.74) is 5.71. The maximum atomic E-state index is 12.9. The zero-order valence-electron chi connectivity index (χ0n) is 20.0. The second kappa shape index (κ2) is 8.09. The minimum atomic E-state index is -0.0162. The third kappa shape index (κ3) is 4.05. The van der Waals surface area contributed by atoms with Crippen molar-refractivity contribution >= 4 is 22.1 Å². The lowest BCUT2D eigenvalue weighted by molar-refractivity contribution is 0.342. The topological polar surface area (TPSA) is 74.8 Å². The molecule has 0 aliphatic heterocycles. The van der Waals surface area contributed by atoms with Crippen LogP contribution < -0.4 is 10.4 Å². The summed E-state index contributed by atoms with van der Waals surface area (Å²) >= 11 is 0. The number of ether oxygens (including phenoxy) is 1. The number of para-hydroxylation sites is 2. The van der Waals surface area contributed by atoms with Crippen LogP contribution in [0.25, 0.3) is 33.3 Å². The first-order valence-electron chi connectivity index (χ1n) is 11.3. The monoisotopic (exact) mass is 453 g/mol. The van der Waals surface area contributed by atoms with Gasteiger partial charge in [0.25, 0.3) is 0 Å². The SMILES string of the molecule is Cc1nc2ccccc2nc1Oc1cccc(-c2ccc3c(c2)n(C)c(=O)n3CC(C)(C)C)n1. The maximum absolute atomic E-state index is 12.9. The largest absolute Gasteiger partial charge is 0.419 e. The summed E-state index contributed by atoms with van der Waals surface area (Å²) in [6.45, 7) is 8.91.